The molecule has 0 fully saturated rings. The van der Waals surface area contributed by atoms with E-state index >= 15 is 0 Å². The van der Waals surface area contributed by atoms with Crippen LogP contribution in [0.2, 0.25) is 15.1 Å². The normalized spacial score (nSPS) is 12.4. The van der Waals surface area contributed by atoms with Gasteiger partial charge in [-0.2, -0.15) is 0 Å². The van der Waals surface area contributed by atoms with E-state index in [1.807, 2.05) is 0 Å². The smallest absolute Gasteiger partial charge is 0.124 e. The van der Waals surface area contributed by atoms with Gasteiger partial charge in [-0.25, -0.2) is 4.39 Å². The Morgan fingerprint density at radius 3 is 2.24 bits per heavy atom. The summed E-state index contributed by atoms with van der Waals surface area (Å²) in [5, 5.41) is 1.56. The summed E-state index contributed by atoms with van der Waals surface area (Å²) in [7, 11) is 0. The van der Waals surface area contributed by atoms with Gasteiger partial charge in [0.2, 0.25) is 0 Å². The van der Waals surface area contributed by atoms with Gasteiger partial charge in [0.05, 0.1) is 0 Å². The minimum absolute atomic E-state index is 0.120. The van der Waals surface area contributed by atoms with E-state index in [-0.39, 0.29) is 11.9 Å². The van der Waals surface area contributed by atoms with Gasteiger partial charge in [0.25, 0.3) is 0 Å². The Balaban J connectivity index is 2.17. The highest BCUT2D eigenvalue weighted by Crippen LogP contribution is 2.27. The lowest BCUT2D eigenvalue weighted by Gasteiger charge is -2.18. The molecule has 1 unspecified atom stereocenters. The van der Waals surface area contributed by atoms with Crippen LogP contribution in [0.25, 0.3) is 0 Å². The first-order valence-corrected chi connectivity index (χ1v) is 7.47. The lowest BCUT2D eigenvalue weighted by molar-refractivity contribution is 0.522. The largest absolute Gasteiger partial charge is 0.271 e. The minimum Gasteiger partial charge on any atom is -0.271 e. The predicted octanol–water partition coefficient (Wildman–Crippen LogP) is 4.40. The molecule has 2 aromatic carbocycles. The van der Waals surface area contributed by atoms with E-state index in [0.717, 1.165) is 11.1 Å². The highest BCUT2D eigenvalue weighted by Gasteiger charge is 2.15. The van der Waals surface area contributed by atoms with Crippen molar-refractivity contribution < 1.29 is 4.39 Å². The van der Waals surface area contributed by atoms with E-state index in [1.165, 1.54) is 12.1 Å². The molecule has 0 heterocycles. The van der Waals surface area contributed by atoms with E-state index in [1.54, 1.807) is 24.3 Å². The molecule has 3 N–H and O–H groups in total. The second-order valence-electron chi connectivity index (χ2n) is 4.71. The summed E-state index contributed by atoms with van der Waals surface area (Å²) in [6.45, 7) is 0. The molecule has 2 rings (SSSR count). The van der Waals surface area contributed by atoms with Crippen molar-refractivity contribution in [3.63, 3.8) is 0 Å². The second kappa shape index (κ2) is 7.43. The third-order valence-electron chi connectivity index (χ3n) is 3.23. The van der Waals surface area contributed by atoms with Crippen molar-refractivity contribution in [3.8, 4) is 0 Å². The molecule has 0 aliphatic rings. The molecule has 0 spiro atoms. The number of hydrogen-bond acceptors (Lipinski definition) is 2. The van der Waals surface area contributed by atoms with Crippen molar-refractivity contribution in [1.82, 2.24) is 5.43 Å². The van der Waals surface area contributed by atoms with Gasteiger partial charge in [0.1, 0.15) is 5.82 Å². The number of halogens is 4. The Morgan fingerprint density at radius 1 is 1.00 bits per heavy atom. The average molecular weight is 348 g/mol. The maximum atomic E-state index is 13.1. The highest BCUT2D eigenvalue weighted by molar-refractivity contribution is 6.36. The number of rotatable bonds is 5. The summed E-state index contributed by atoms with van der Waals surface area (Å²) in [4.78, 5) is 0. The van der Waals surface area contributed by atoms with Gasteiger partial charge in [-0.3, -0.25) is 11.3 Å². The van der Waals surface area contributed by atoms with Crippen LogP contribution in [-0.2, 0) is 12.8 Å². The number of benzene rings is 2. The van der Waals surface area contributed by atoms with Gasteiger partial charge in [-0.05, 0) is 48.2 Å². The molecule has 6 heteroatoms. The molecule has 0 aliphatic heterocycles. The van der Waals surface area contributed by atoms with Crippen molar-refractivity contribution in [3.05, 3.63) is 68.4 Å². The number of hydrogen-bond donors (Lipinski definition) is 2. The topological polar surface area (TPSA) is 38.0 Å². The average Bonchev–Trinajstić information content (AvgIpc) is 2.44. The molecular formula is C15H14Cl3FN2. The second-order valence-corrected chi connectivity index (χ2v) is 5.93. The first kappa shape index (κ1) is 16.5. The van der Waals surface area contributed by atoms with Crippen molar-refractivity contribution in [2.75, 3.05) is 0 Å². The molecule has 0 saturated carbocycles. The fraction of sp³-hybridized carbons (Fsp3) is 0.200. The van der Waals surface area contributed by atoms with Crippen LogP contribution < -0.4 is 11.3 Å². The third-order valence-corrected chi connectivity index (χ3v) is 4.29. The lowest BCUT2D eigenvalue weighted by Crippen LogP contribution is -2.38. The zero-order chi connectivity index (χ0) is 15.4. The third kappa shape index (κ3) is 4.31. The molecule has 2 nitrogen and oxygen atoms in total. The molecule has 1 atom stereocenters. The molecule has 0 amide bonds. The van der Waals surface area contributed by atoms with Crippen LogP contribution in [-0.4, -0.2) is 6.04 Å². The standard InChI is InChI=1S/C15H14Cl3FN2/c16-13-2-1-3-14(17)12(13)8-11(21-20)6-9-4-5-10(19)7-15(9)18/h1-5,7,11,21H,6,8,20H2. The van der Waals surface area contributed by atoms with Gasteiger partial charge in [0.15, 0.2) is 0 Å². The maximum Gasteiger partial charge on any atom is 0.124 e. The molecular weight excluding hydrogens is 334 g/mol. The van der Waals surface area contributed by atoms with E-state index in [9.17, 15) is 4.39 Å². The van der Waals surface area contributed by atoms with Crippen molar-refractivity contribution in [1.29, 1.82) is 0 Å². The molecule has 112 valence electrons. The summed E-state index contributed by atoms with van der Waals surface area (Å²) >= 11 is 18.3. The Kier molecular flexibility index (Phi) is 5.85. The highest BCUT2D eigenvalue weighted by atomic mass is 35.5. The summed E-state index contributed by atoms with van der Waals surface area (Å²) in [5.74, 6) is 5.23. The van der Waals surface area contributed by atoms with Gasteiger partial charge < -0.3 is 0 Å². The van der Waals surface area contributed by atoms with Gasteiger partial charge in [0, 0.05) is 21.1 Å². The Bertz CT molecular complexity index is 614. The number of nitrogens with two attached hydrogens (primary N) is 1. The molecule has 0 bridgehead atoms. The summed E-state index contributed by atoms with van der Waals surface area (Å²) < 4.78 is 13.1. The summed E-state index contributed by atoms with van der Waals surface area (Å²) in [6.07, 6.45) is 1.08. The van der Waals surface area contributed by atoms with Crippen molar-refractivity contribution in [2.24, 2.45) is 5.84 Å². The van der Waals surface area contributed by atoms with Gasteiger partial charge in [-0.1, -0.05) is 46.9 Å². The zero-order valence-corrected chi connectivity index (χ0v) is 13.3. The fourth-order valence-electron chi connectivity index (χ4n) is 2.12. The van der Waals surface area contributed by atoms with Crippen LogP contribution in [0.3, 0.4) is 0 Å². The summed E-state index contributed by atoms with van der Waals surface area (Å²) in [5.41, 5.74) is 4.36. The SMILES string of the molecule is NNC(Cc1ccc(F)cc1Cl)Cc1c(Cl)cccc1Cl. The minimum atomic E-state index is -0.366. The fourth-order valence-corrected chi connectivity index (χ4v) is 2.91. The predicted molar refractivity (Wildman–Crippen MR) is 86.4 cm³/mol. The number of hydrazine groups is 1. The van der Waals surface area contributed by atoms with Crippen LogP contribution in [0.1, 0.15) is 11.1 Å². The van der Waals surface area contributed by atoms with Gasteiger partial charge in [-0.15, -0.1) is 0 Å². The monoisotopic (exact) mass is 346 g/mol. The molecule has 0 radical (unpaired) electrons. The molecule has 0 aromatic heterocycles. The Hall–Kier alpha value is -0.840. The summed E-state index contributed by atoms with van der Waals surface area (Å²) in [6, 6.07) is 9.53. The molecule has 21 heavy (non-hydrogen) atoms. The number of nitrogens with one attached hydrogen (secondary N) is 1. The quantitative estimate of drug-likeness (QED) is 0.621. The van der Waals surface area contributed by atoms with Crippen LogP contribution in [0.4, 0.5) is 4.39 Å². The van der Waals surface area contributed by atoms with Crippen molar-refractivity contribution in [2.45, 2.75) is 18.9 Å². The molecule has 0 aliphatic carbocycles. The lowest BCUT2D eigenvalue weighted by atomic mass is 9.99. The Labute approximate surface area is 138 Å². The van der Waals surface area contributed by atoms with Crippen LogP contribution >= 0.6 is 34.8 Å². The van der Waals surface area contributed by atoms with Gasteiger partial charge >= 0.3 is 0 Å². The van der Waals surface area contributed by atoms with Crippen LogP contribution in [0.15, 0.2) is 36.4 Å². The maximum absolute atomic E-state index is 13.1. The van der Waals surface area contributed by atoms with E-state index in [0.29, 0.717) is 27.9 Å². The van der Waals surface area contributed by atoms with Crippen LogP contribution in [0, 0.1) is 5.82 Å². The van der Waals surface area contributed by atoms with E-state index < -0.39 is 0 Å². The zero-order valence-electron chi connectivity index (χ0n) is 11.0. The molecule has 2 aromatic rings. The first-order chi connectivity index (χ1) is 10.0. The van der Waals surface area contributed by atoms with Crippen molar-refractivity contribution >= 4 is 34.8 Å². The van der Waals surface area contributed by atoms with E-state index in [4.69, 9.17) is 40.6 Å². The van der Waals surface area contributed by atoms with Crippen LogP contribution in [0.5, 0.6) is 0 Å². The Morgan fingerprint density at radius 2 is 1.67 bits per heavy atom. The van der Waals surface area contributed by atoms with E-state index in [2.05, 4.69) is 5.43 Å². The first-order valence-electron chi connectivity index (χ1n) is 6.34. The molecule has 0 saturated heterocycles.